The van der Waals surface area contributed by atoms with Gasteiger partial charge in [0.1, 0.15) is 5.75 Å². The molecule has 1 heterocycles. The molecule has 1 saturated heterocycles. The number of nitrogens with two attached hydrogens (primary N) is 1. The fourth-order valence-electron chi connectivity index (χ4n) is 2.90. The maximum absolute atomic E-state index is 12.5. The molecule has 2 N–H and O–H groups in total. The maximum atomic E-state index is 12.5. The molecule has 2 aromatic rings. The van der Waals surface area contributed by atoms with Gasteiger partial charge >= 0.3 is 5.69 Å². The number of carbonyl (C=O) groups excluding carboxylic acids is 1. The largest absolute Gasteiger partial charge is 0.450 e. The third kappa shape index (κ3) is 4.88. The van der Waals surface area contributed by atoms with Crippen LogP contribution in [-0.4, -0.2) is 35.4 Å². The van der Waals surface area contributed by atoms with E-state index in [9.17, 15) is 14.9 Å². The average Bonchev–Trinajstić information content (AvgIpc) is 3.12. The van der Waals surface area contributed by atoms with Crippen molar-refractivity contribution in [3.63, 3.8) is 0 Å². The first-order valence-electron chi connectivity index (χ1n) is 8.19. The topological polar surface area (TPSA) is 98.7 Å². The minimum Gasteiger partial charge on any atom is -0.450 e. The molecule has 1 aliphatic heterocycles. The third-order valence-corrected chi connectivity index (χ3v) is 4.59. The first kappa shape index (κ1) is 21.0. The van der Waals surface area contributed by atoms with Crippen molar-refractivity contribution in [1.29, 1.82) is 0 Å². The fourth-order valence-corrected chi connectivity index (χ4v) is 3.07. The number of benzene rings is 2. The number of amides is 1. The number of ether oxygens (including phenoxy) is 1. The highest BCUT2D eigenvalue weighted by Gasteiger charge is 2.26. The Morgan fingerprint density at radius 2 is 2.00 bits per heavy atom. The van der Waals surface area contributed by atoms with Crippen LogP contribution in [0.5, 0.6) is 11.5 Å². The summed E-state index contributed by atoms with van der Waals surface area (Å²) in [5, 5.41) is 11.4. The Kier molecular flexibility index (Phi) is 7.01. The number of nitrogens with zero attached hydrogens (tertiary/aromatic N) is 2. The number of hydrogen-bond donors (Lipinski definition) is 1. The van der Waals surface area contributed by atoms with E-state index in [-0.39, 0.29) is 34.8 Å². The van der Waals surface area contributed by atoms with Crippen LogP contribution in [0.1, 0.15) is 16.8 Å². The highest BCUT2D eigenvalue weighted by molar-refractivity contribution is 6.30. The fraction of sp³-hybridized carbons (Fsp3) is 0.278. The zero-order valence-corrected chi connectivity index (χ0v) is 15.9. The second-order valence-corrected chi connectivity index (χ2v) is 6.57. The summed E-state index contributed by atoms with van der Waals surface area (Å²) in [6.45, 7) is 1.96. The summed E-state index contributed by atoms with van der Waals surface area (Å²) in [4.78, 5) is 24.8. The number of likely N-dealkylation sites (tertiary alicyclic amines) is 1. The molecule has 0 aromatic heterocycles. The summed E-state index contributed by atoms with van der Waals surface area (Å²) in [6, 6.07) is 10.7. The molecule has 144 valence electrons. The van der Waals surface area contributed by atoms with E-state index in [1.807, 2.05) is 0 Å². The van der Waals surface area contributed by atoms with Gasteiger partial charge in [0.05, 0.1) is 4.92 Å². The molecular formula is C18H19Cl2N3O4. The van der Waals surface area contributed by atoms with Gasteiger partial charge in [0.15, 0.2) is 0 Å². The van der Waals surface area contributed by atoms with Gasteiger partial charge in [-0.1, -0.05) is 11.6 Å². The van der Waals surface area contributed by atoms with Gasteiger partial charge in [0.25, 0.3) is 5.91 Å². The maximum Gasteiger partial charge on any atom is 0.313 e. The molecule has 0 spiro atoms. The van der Waals surface area contributed by atoms with Crippen LogP contribution < -0.4 is 10.5 Å². The minimum atomic E-state index is -0.555. The monoisotopic (exact) mass is 411 g/mol. The van der Waals surface area contributed by atoms with Gasteiger partial charge in [-0.3, -0.25) is 14.9 Å². The first-order valence-corrected chi connectivity index (χ1v) is 8.57. The van der Waals surface area contributed by atoms with Crippen LogP contribution in [-0.2, 0) is 0 Å². The molecule has 0 saturated carbocycles. The molecule has 1 aliphatic rings. The van der Waals surface area contributed by atoms with Crippen LogP contribution in [0, 0.1) is 16.0 Å². The van der Waals surface area contributed by atoms with Gasteiger partial charge in [0, 0.05) is 29.7 Å². The molecule has 9 heteroatoms. The van der Waals surface area contributed by atoms with Crippen LogP contribution >= 0.6 is 24.0 Å². The SMILES string of the molecule is Cl.NCC1CCN(C(=O)c2ccc(Oc3ccc(Cl)cc3[N+](=O)[O-])cc2)C1. The predicted molar refractivity (Wildman–Crippen MR) is 105 cm³/mol. The van der Waals surface area contributed by atoms with Crippen molar-refractivity contribution in [3.05, 3.63) is 63.2 Å². The number of carbonyl (C=O) groups is 1. The molecule has 1 fully saturated rings. The van der Waals surface area contributed by atoms with Crippen molar-refractivity contribution in [1.82, 2.24) is 4.90 Å². The Bertz CT molecular complexity index is 830. The highest BCUT2D eigenvalue weighted by atomic mass is 35.5. The van der Waals surface area contributed by atoms with E-state index in [0.717, 1.165) is 6.42 Å². The lowest BCUT2D eigenvalue weighted by molar-refractivity contribution is -0.385. The second-order valence-electron chi connectivity index (χ2n) is 6.14. The third-order valence-electron chi connectivity index (χ3n) is 4.35. The lowest BCUT2D eigenvalue weighted by Gasteiger charge is -2.16. The lowest BCUT2D eigenvalue weighted by Crippen LogP contribution is -2.29. The predicted octanol–water partition coefficient (Wildman–Crippen LogP) is 3.88. The molecular weight excluding hydrogens is 393 g/mol. The Hall–Kier alpha value is -2.35. The van der Waals surface area contributed by atoms with E-state index in [2.05, 4.69) is 0 Å². The van der Waals surface area contributed by atoms with Crippen molar-refractivity contribution < 1.29 is 14.5 Å². The standard InChI is InChI=1S/C18H18ClN3O4.ClH/c19-14-3-6-17(16(9-14)22(24)25)26-15-4-1-13(2-5-15)18(23)21-8-7-12(10-20)11-21;/h1-6,9,12H,7-8,10-11,20H2;1H. The van der Waals surface area contributed by atoms with E-state index >= 15 is 0 Å². The normalized spacial score (nSPS) is 15.9. The number of rotatable bonds is 5. The summed E-state index contributed by atoms with van der Waals surface area (Å²) in [6.07, 6.45) is 0.920. The summed E-state index contributed by atoms with van der Waals surface area (Å²) in [5.41, 5.74) is 5.98. The van der Waals surface area contributed by atoms with Gasteiger partial charge in [-0.15, -0.1) is 12.4 Å². The molecule has 2 aromatic carbocycles. The van der Waals surface area contributed by atoms with Crippen LogP contribution in [0.25, 0.3) is 0 Å². The highest BCUT2D eigenvalue weighted by Crippen LogP contribution is 2.33. The Morgan fingerprint density at radius 1 is 1.30 bits per heavy atom. The van der Waals surface area contributed by atoms with Crippen molar-refractivity contribution in [2.45, 2.75) is 6.42 Å². The molecule has 0 aliphatic carbocycles. The van der Waals surface area contributed by atoms with Crippen molar-refractivity contribution in [3.8, 4) is 11.5 Å². The second kappa shape index (κ2) is 9.03. The minimum absolute atomic E-state index is 0. The molecule has 0 radical (unpaired) electrons. The number of halogens is 2. The van der Waals surface area contributed by atoms with Gasteiger partial charge in [-0.2, -0.15) is 0 Å². The summed E-state index contributed by atoms with van der Waals surface area (Å²) < 4.78 is 5.58. The zero-order chi connectivity index (χ0) is 18.7. The van der Waals surface area contributed by atoms with E-state index in [4.69, 9.17) is 22.1 Å². The van der Waals surface area contributed by atoms with Crippen LogP contribution in [0.2, 0.25) is 5.02 Å². The van der Waals surface area contributed by atoms with Gasteiger partial charge < -0.3 is 15.4 Å². The molecule has 3 rings (SSSR count). The van der Waals surface area contributed by atoms with Gasteiger partial charge in [-0.05, 0) is 55.3 Å². The van der Waals surface area contributed by atoms with Gasteiger partial charge in [-0.25, -0.2) is 0 Å². The molecule has 27 heavy (non-hydrogen) atoms. The van der Waals surface area contributed by atoms with E-state index in [0.29, 0.717) is 36.9 Å². The van der Waals surface area contributed by atoms with E-state index in [1.165, 1.54) is 18.2 Å². The Balaban J connectivity index is 0.00000261. The lowest BCUT2D eigenvalue weighted by atomic mass is 10.1. The summed E-state index contributed by atoms with van der Waals surface area (Å²) in [5.74, 6) is 0.786. The van der Waals surface area contributed by atoms with Crippen molar-refractivity contribution in [2.24, 2.45) is 11.7 Å². The summed E-state index contributed by atoms with van der Waals surface area (Å²) in [7, 11) is 0. The van der Waals surface area contributed by atoms with Crippen molar-refractivity contribution >= 4 is 35.6 Å². The number of nitro benzene ring substituents is 1. The van der Waals surface area contributed by atoms with E-state index in [1.54, 1.807) is 29.2 Å². The zero-order valence-electron chi connectivity index (χ0n) is 14.3. The summed E-state index contributed by atoms with van der Waals surface area (Å²) >= 11 is 5.79. The number of hydrogen-bond acceptors (Lipinski definition) is 5. The van der Waals surface area contributed by atoms with Gasteiger partial charge in [0.2, 0.25) is 5.75 Å². The molecule has 1 unspecified atom stereocenters. The molecule has 7 nitrogen and oxygen atoms in total. The molecule has 0 bridgehead atoms. The van der Waals surface area contributed by atoms with Crippen LogP contribution in [0.15, 0.2) is 42.5 Å². The quantitative estimate of drug-likeness (QED) is 0.594. The Morgan fingerprint density at radius 3 is 2.59 bits per heavy atom. The molecule has 1 amide bonds. The first-order chi connectivity index (χ1) is 12.5. The van der Waals surface area contributed by atoms with Crippen LogP contribution in [0.3, 0.4) is 0 Å². The van der Waals surface area contributed by atoms with E-state index < -0.39 is 4.92 Å². The number of nitro groups is 1. The molecule has 1 atom stereocenters. The van der Waals surface area contributed by atoms with Crippen molar-refractivity contribution in [2.75, 3.05) is 19.6 Å². The average molecular weight is 412 g/mol. The Labute approximate surface area is 167 Å². The van der Waals surface area contributed by atoms with Crippen LogP contribution in [0.4, 0.5) is 5.69 Å². The smallest absolute Gasteiger partial charge is 0.313 e.